The SMILES string of the molecule is CCC(CC)(CCCCCCBr)CCCCCCBr. The molecule has 0 aliphatic carbocycles. The maximum absolute atomic E-state index is 3.52. The summed E-state index contributed by atoms with van der Waals surface area (Å²) in [5, 5.41) is 2.35. The van der Waals surface area contributed by atoms with Crippen molar-refractivity contribution in [2.24, 2.45) is 5.41 Å². The topological polar surface area (TPSA) is 0 Å². The van der Waals surface area contributed by atoms with Crippen LogP contribution in [0.25, 0.3) is 0 Å². The van der Waals surface area contributed by atoms with Crippen molar-refractivity contribution < 1.29 is 0 Å². The largest absolute Gasteiger partial charge is 0.0928 e. The van der Waals surface area contributed by atoms with Gasteiger partial charge in [-0.1, -0.05) is 97.1 Å². The first kappa shape index (κ1) is 20.0. The highest BCUT2D eigenvalue weighted by molar-refractivity contribution is 9.09. The number of hydrogen-bond acceptors (Lipinski definition) is 0. The van der Waals surface area contributed by atoms with Crippen LogP contribution in [0.4, 0.5) is 0 Å². The van der Waals surface area contributed by atoms with E-state index in [1.165, 1.54) is 87.7 Å². The summed E-state index contributed by atoms with van der Waals surface area (Å²) >= 11 is 7.04. The predicted octanol–water partition coefficient (Wildman–Crippen LogP) is 7.48. The molecular weight excluding hydrogens is 364 g/mol. The van der Waals surface area contributed by atoms with Gasteiger partial charge in [-0.05, 0) is 31.1 Å². The fourth-order valence-corrected chi connectivity index (χ4v) is 3.77. The lowest BCUT2D eigenvalue weighted by Gasteiger charge is -2.32. The van der Waals surface area contributed by atoms with Crippen LogP contribution in [0.3, 0.4) is 0 Å². The maximum atomic E-state index is 3.52. The fraction of sp³-hybridized carbons (Fsp3) is 1.00. The predicted molar refractivity (Wildman–Crippen MR) is 96.8 cm³/mol. The van der Waals surface area contributed by atoms with E-state index in [-0.39, 0.29) is 0 Å². The molecule has 0 aromatic heterocycles. The van der Waals surface area contributed by atoms with Crippen LogP contribution < -0.4 is 0 Å². The van der Waals surface area contributed by atoms with E-state index in [0.717, 1.165) is 0 Å². The molecule has 0 nitrogen and oxygen atoms in total. The second-order valence-electron chi connectivity index (χ2n) is 5.91. The second-order valence-corrected chi connectivity index (χ2v) is 7.50. The number of halogens is 2. The van der Waals surface area contributed by atoms with Gasteiger partial charge in [0.25, 0.3) is 0 Å². The molecule has 0 fully saturated rings. The molecule has 0 aliphatic heterocycles. The summed E-state index contributed by atoms with van der Waals surface area (Å²) in [5.41, 5.74) is 0.656. The van der Waals surface area contributed by atoms with Gasteiger partial charge in [0.2, 0.25) is 0 Å². The molecule has 0 unspecified atom stereocenters. The average molecular weight is 398 g/mol. The molecule has 0 N–H and O–H groups in total. The molecule has 0 spiro atoms. The number of alkyl halides is 2. The molecule has 0 atom stereocenters. The van der Waals surface area contributed by atoms with E-state index >= 15 is 0 Å². The summed E-state index contributed by atoms with van der Waals surface area (Å²) in [6, 6.07) is 0. The third kappa shape index (κ3) is 10.3. The molecule has 2 heteroatoms. The zero-order chi connectivity index (χ0) is 14.4. The normalized spacial score (nSPS) is 12.0. The summed E-state index contributed by atoms with van der Waals surface area (Å²) < 4.78 is 0. The summed E-state index contributed by atoms with van der Waals surface area (Å²) in [6.07, 6.45) is 16.9. The Balaban J connectivity index is 3.83. The summed E-state index contributed by atoms with van der Waals surface area (Å²) in [7, 11) is 0. The fourth-order valence-electron chi connectivity index (χ4n) is 2.98. The van der Waals surface area contributed by atoms with Gasteiger partial charge in [0.1, 0.15) is 0 Å². The van der Waals surface area contributed by atoms with Crippen molar-refractivity contribution in [3.05, 3.63) is 0 Å². The second kappa shape index (κ2) is 13.9. The molecule has 19 heavy (non-hydrogen) atoms. The lowest BCUT2D eigenvalue weighted by molar-refractivity contribution is 0.202. The van der Waals surface area contributed by atoms with Gasteiger partial charge in [0, 0.05) is 10.7 Å². The van der Waals surface area contributed by atoms with Crippen LogP contribution in [0.2, 0.25) is 0 Å². The van der Waals surface area contributed by atoms with Gasteiger partial charge >= 0.3 is 0 Å². The molecule has 0 rings (SSSR count). The zero-order valence-electron chi connectivity index (χ0n) is 13.2. The Bertz CT molecular complexity index is 160. The zero-order valence-corrected chi connectivity index (χ0v) is 16.3. The number of rotatable bonds is 14. The van der Waals surface area contributed by atoms with Gasteiger partial charge in [-0.15, -0.1) is 0 Å². The van der Waals surface area contributed by atoms with Crippen LogP contribution >= 0.6 is 31.9 Å². The Morgan fingerprint density at radius 2 is 0.947 bits per heavy atom. The van der Waals surface area contributed by atoms with Crippen molar-refractivity contribution in [3.63, 3.8) is 0 Å². The Labute approximate surface area is 138 Å². The van der Waals surface area contributed by atoms with Gasteiger partial charge in [-0.3, -0.25) is 0 Å². The quantitative estimate of drug-likeness (QED) is 0.210. The molecule has 0 saturated carbocycles. The average Bonchev–Trinajstić information content (AvgIpc) is 2.45. The van der Waals surface area contributed by atoms with Crippen LogP contribution in [0.15, 0.2) is 0 Å². The van der Waals surface area contributed by atoms with Crippen molar-refractivity contribution in [1.29, 1.82) is 0 Å². The molecule has 0 aliphatic rings. The van der Waals surface area contributed by atoms with Crippen molar-refractivity contribution in [3.8, 4) is 0 Å². The van der Waals surface area contributed by atoms with E-state index in [9.17, 15) is 0 Å². The Morgan fingerprint density at radius 3 is 1.26 bits per heavy atom. The van der Waals surface area contributed by atoms with Gasteiger partial charge in [-0.2, -0.15) is 0 Å². The Hall–Kier alpha value is 0.960. The van der Waals surface area contributed by atoms with Crippen molar-refractivity contribution in [1.82, 2.24) is 0 Å². The monoisotopic (exact) mass is 396 g/mol. The molecule has 0 aromatic carbocycles. The van der Waals surface area contributed by atoms with Gasteiger partial charge in [0.15, 0.2) is 0 Å². The van der Waals surface area contributed by atoms with Crippen molar-refractivity contribution in [2.75, 3.05) is 10.7 Å². The molecule has 0 heterocycles. The van der Waals surface area contributed by atoms with E-state index in [1.807, 2.05) is 0 Å². The van der Waals surface area contributed by atoms with E-state index in [0.29, 0.717) is 5.41 Å². The number of unbranched alkanes of at least 4 members (excludes halogenated alkanes) is 6. The smallest absolute Gasteiger partial charge is 0.00313 e. The van der Waals surface area contributed by atoms with Gasteiger partial charge in [-0.25, -0.2) is 0 Å². The summed E-state index contributed by atoms with van der Waals surface area (Å²) in [6.45, 7) is 4.81. The van der Waals surface area contributed by atoms with E-state index in [2.05, 4.69) is 45.7 Å². The Morgan fingerprint density at radius 1 is 0.579 bits per heavy atom. The molecule has 0 aromatic rings. The van der Waals surface area contributed by atoms with Crippen LogP contribution in [0.1, 0.15) is 90.9 Å². The third-order valence-corrected chi connectivity index (χ3v) is 5.80. The minimum Gasteiger partial charge on any atom is -0.0928 e. The highest BCUT2D eigenvalue weighted by Gasteiger charge is 2.24. The van der Waals surface area contributed by atoms with E-state index in [4.69, 9.17) is 0 Å². The van der Waals surface area contributed by atoms with Crippen LogP contribution in [-0.2, 0) is 0 Å². The van der Waals surface area contributed by atoms with Crippen LogP contribution in [0, 0.1) is 5.41 Å². The van der Waals surface area contributed by atoms with Crippen molar-refractivity contribution in [2.45, 2.75) is 90.9 Å². The minimum atomic E-state index is 0.656. The van der Waals surface area contributed by atoms with Gasteiger partial charge in [0.05, 0.1) is 0 Å². The van der Waals surface area contributed by atoms with Crippen molar-refractivity contribution >= 4 is 31.9 Å². The molecule has 0 saturated heterocycles. The highest BCUT2D eigenvalue weighted by atomic mass is 79.9. The first-order valence-electron chi connectivity index (χ1n) is 8.36. The number of hydrogen-bond donors (Lipinski definition) is 0. The van der Waals surface area contributed by atoms with E-state index in [1.54, 1.807) is 0 Å². The van der Waals surface area contributed by atoms with Crippen LogP contribution in [0.5, 0.6) is 0 Å². The first-order valence-corrected chi connectivity index (χ1v) is 10.6. The van der Waals surface area contributed by atoms with E-state index < -0.39 is 0 Å². The summed E-state index contributed by atoms with van der Waals surface area (Å²) in [4.78, 5) is 0. The molecule has 0 radical (unpaired) electrons. The first-order chi connectivity index (χ1) is 9.24. The summed E-state index contributed by atoms with van der Waals surface area (Å²) in [5.74, 6) is 0. The third-order valence-electron chi connectivity index (χ3n) is 4.68. The molecule has 0 bridgehead atoms. The molecule has 0 amide bonds. The van der Waals surface area contributed by atoms with Crippen LogP contribution in [-0.4, -0.2) is 10.7 Å². The highest BCUT2D eigenvalue weighted by Crippen LogP contribution is 2.38. The maximum Gasteiger partial charge on any atom is 0.00313 e. The van der Waals surface area contributed by atoms with Gasteiger partial charge < -0.3 is 0 Å². The minimum absolute atomic E-state index is 0.656. The standard InChI is InChI=1S/C17H34Br2/c1-3-17(4-2,13-9-5-7-11-15-18)14-10-6-8-12-16-19/h3-16H2,1-2H3. The lowest BCUT2D eigenvalue weighted by Crippen LogP contribution is -2.19. The molecular formula is C17H34Br2. The lowest BCUT2D eigenvalue weighted by atomic mass is 9.74. The Kier molecular flexibility index (Phi) is 14.6. The molecule has 116 valence electrons.